The van der Waals surface area contributed by atoms with Crippen LogP contribution >= 0.6 is 24.2 Å². The van der Waals surface area contributed by atoms with Crippen molar-refractivity contribution < 1.29 is 5.11 Å². The van der Waals surface area contributed by atoms with Crippen LogP contribution in [0.25, 0.3) is 5.69 Å². The summed E-state index contributed by atoms with van der Waals surface area (Å²) in [6.45, 7) is 7.14. The summed E-state index contributed by atoms with van der Waals surface area (Å²) in [4.78, 5) is 20.1. The molecule has 0 bridgehead atoms. The average molecular weight is 446 g/mol. The molecule has 0 saturated heterocycles. The van der Waals surface area contributed by atoms with Gasteiger partial charge in [0, 0.05) is 18.7 Å². The lowest BCUT2D eigenvalue weighted by Crippen LogP contribution is -2.27. The Balaban J connectivity index is 0.00000320. The minimum Gasteiger partial charge on any atom is -0.493 e. The second-order valence-electron chi connectivity index (χ2n) is 6.71. The van der Waals surface area contributed by atoms with Crippen molar-refractivity contribution in [2.45, 2.75) is 25.4 Å². The summed E-state index contributed by atoms with van der Waals surface area (Å²) >= 11 is 1.49. The van der Waals surface area contributed by atoms with Crippen LogP contribution in [0, 0.1) is 0 Å². The summed E-state index contributed by atoms with van der Waals surface area (Å²) < 4.78 is 1.62. The molecule has 0 atom stereocenters. The Labute approximate surface area is 188 Å². The van der Waals surface area contributed by atoms with Gasteiger partial charge in [-0.05, 0) is 30.8 Å². The second-order valence-corrected chi connectivity index (χ2v) is 7.77. The number of halogens is 1. The van der Waals surface area contributed by atoms with Crippen LogP contribution in [0.1, 0.15) is 25.0 Å². The maximum atomic E-state index is 13.4. The summed E-state index contributed by atoms with van der Waals surface area (Å²) in [5, 5.41) is 11.1. The largest absolute Gasteiger partial charge is 0.493 e. The van der Waals surface area contributed by atoms with Crippen LogP contribution in [-0.4, -0.2) is 44.9 Å². The first kappa shape index (κ1) is 24.0. The summed E-state index contributed by atoms with van der Waals surface area (Å²) in [5.41, 5.74) is 1.80. The van der Waals surface area contributed by atoms with Gasteiger partial charge in [-0.15, -0.1) is 12.4 Å². The summed E-state index contributed by atoms with van der Waals surface area (Å²) in [7, 11) is 0. The highest BCUT2D eigenvalue weighted by molar-refractivity contribution is 7.99. The fraction of sp³-hybridized carbons (Fsp3) is 0.304. The molecule has 0 amide bonds. The van der Waals surface area contributed by atoms with Crippen molar-refractivity contribution in [2.24, 2.45) is 0 Å². The van der Waals surface area contributed by atoms with Crippen LogP contribution in [0.4, 0.5) is 0 Å². The maximum absolute atomic E-state index is 13.4. The molecule has 0 unspecified atom stereocenters. The number of thioether (sulfide) groups is 1. The van der Waals surface area contributed by atoms with Crippen molar-refractivity contribution in [3.63, 3.8) is 0 Å². The number of nitrogens with zero attached hydrogens (tertiary/aromatic N) is 3. The molecule has 1 aromatic heterocycles. The Morgan fingerprint density at radius 3 is 2.20 bits per heavy atom. The zero-order valence-electron chi connectivity index (χ0n) is 17.3. The molecule has 0 aliphatic carbocycles. The van der Waals surface area contributed by atoms with Crippen LogP contribution in [0.15, 0.2) is 70.6 Å². The topological polar surface area (TPSA) is 58.4 Å². The molecule has 0 spiro atoms. The number of hydrogen-bond donors (Lipinski definition) is 1. The molecule has 3 aromatic rings. The van der Waals surface area contributed by atoms with Gasteiger partial charge in [-0.25, -0.2) is 0 Å². The van der Waals surface area contributed by atoms with E-state index in [1.54, 1.807) is 4.57 Å². The molecule has 1 N–H and O–H groups in total. The zero-order valence-corrected chi connectivity index (χ0v) is 19.0. The van der Waals surface area contributed by atoms with Gasteiger partial charge in [-0.3, -0.25) is 9.36 Å². The van der Waals surface area contributed by atoms with Crippen molar-refractivity contribution in [1.29, 1.82) is 0 Å². The van der Waals surface area contributed by atoms with E-state index in [4.69, 9.17) is 0 Å². The van der Waals surface area contributed by atoms with E-state index in [0.717, 1.165) is 36.6 Å². The Morgan fingerprint density at radius 1 is 1.00 bits per heavy atom. The van der Waals surface area contributed by atoms with E-state index in [-0.39, 0.29) is 23.8 Å². The molecule has 2 aromatic carbocycles. The van der Waals surface area contributed by atoms with Gasteiger partial charge in [-0.2, -0.15) is 4.98 Å². The van der Waals surface area contributed by atoms with Crippen molar-refractivity contribution in [3.8, 4) is 11.6 Å². The van der Waals surface area contributed by atoms with Crippen molar-refractivity contribution in [2.75, 3.05) is 25.4 Å². The minimum atomic E-state index is -0.224. The Kier molecular flexibility index (Phi) is 9.43. The van der Waals surface area contributed by atoms with E-state index < -0.39 is 0 Å². The normalized spacial score (nSPS) is 10.8. The van der Waals surface area contributed by atoms with Crippen molar-refractivity contribution in [3.05, 3.63) is 82.1 Å². The summed E-state index contributed by atoms with van der Waals surface area (Å²) in [6.07, 6.45) is 0.343. The van der Waals surface area contributed by atoms with Gasteiger partial charge in [0.15, 0.2) is 5.16 Å². The van der Waals surface area contributed by atoms with Crippen molar-refractivity contribution >= 4 is 24.2 Å². The van der Waals surface area contributed by atoms with Gasteiger partial charge in [0.25, 0.3) is 5.56 Å². The van der Waals surface area contributed by atoms with Crippen LogP contribution in [-0.2, 0) is 6.42 Å². The molecule has 160 valence electrons. The highest BCUT2D eigenvalue weighted by Gasteiger charge is 2.18. The number of rotatable bonds is 9. The third-order valence-electron chi connectivity index (χ3n) is 4.90. The van der Waals surface area contributed by atoms with Gasteiger partial charge in [0.05, 0.1) is 11.3 Å². The molecule has 0 radical (unpaired) electrons. The third kappa shape index (κ3) is 5.88. The Hall–Kier alpha value is -2.28. The van der Waals surface area contributed by atoms with Gasteiger partial charge < -0.3 is 10.0 Å². The zero-order chi connectivity index (χ0) is 20.6. The van der Waals surface area contributed by atoms with Crippen molar-refractivity contribution in [1.82, 2.24) is 14.5 Å². The van der Waals surface area contributed by atoms with E-state index in [2.05, 4.69) is 23.7 Å². The number of para-hydroxylation sites is 1. The van der Waals surface area contributed by atoms with Gasteiger partial charge in [0.2, 0.25) is 5.88 Å². The summed E-state index contributed by atoms with van der Waals surface area (Å²) in [5.74, 6) is 0.606. The lowest BCUT2D eigenvalue weighted by Gasteiger charge is -2.18. The predicted octanol–water partition coefficient (Wildman–Crippen LogP) is 4.38. The third-order valence-corrected chi connectivity index (χ3v) is 5.81. The van der Waals surface area contributed by atoms with E-state index >= 15 is 0 Å². The van der Waals surface area contributed by atoms with Crippen LogP contribution in [0.5, 0.6) is 5.88 Å². The first-order chi connectivity index (χ1) is 14.1. The molecule has 0 saturated carbocycles. The van der Waals surface area contributed by atoms with E-state index in [0.29, 0.717) is 17.1 Å². The Bertz CT molecular complexity index is 977. The first-order valence-electron chi connectivity index (χ1n) is 9.93. The lowest BCUT2D eigenvalue weighted by atomic mass is 10.1. The second kappa shape index (κ2) is 11.8. The number of aromatic hydroxyl groups is 1. The lowest BCUT2D eigenvalue weighted by molar-refractivity contribution is 0.323. The van der Waals surface area contributed by atoms with Crippen LogP contribution in [0.2, 0.25) is 0 Å². The molecule has 0 aliphatic rings. The van der Waals surface area contributed by atoms with Gasteiger partial charge in [0.1, 0.15) is 0 Å². The summed E-state index contributed by atoms with van der Waals surface area (Å²) in [6, 6.07) is 19.2. The molecular weight excluding hydrogens is 418 g/mol. The molecule has 0 fully saturated rings. The number of aromatic nitrogens is 2. The molecular formula is C23H28ClN3O2S. The van der Waals surface area contributed by atoms with E-state index in [1.807, 2.05) is 60.7 Å². The first-order valence-corrected chi connectivity index (χ1v) is 10.9. The van der Waals surface area contributed by atoms with Gasteiger partial charge in [-0.1, -0.05) is 74.1 Å². The highest BCUT2D eigenvalue weighted by Crippen LogP contribution is 2.24. The van der Waals surface area contributed by atoms with Crippen LogP contribution < -0.4 is 5.56 Å². The van der Waals surface area contributed by atoms with E-state index in [1.165, 1.54) is 11.8 Å². The SMILES string of the molecule is CCN(CC)CCSc1nc(O)c(Cc2ccccc2)c(=O)n1-c1ccccc1.Cl. The molecule has 30 heavy (non-hydrogen) atoms. The fourth-order valence-corrected chi connectivity index (χ4v) is 4.19. The number of benzene rings is 2. The quantitative estimate of drug-likeness (QED) is 0.391. The highest BCUT2D eigenvalue weighted by atomic mass is 35.5. The van der Waals surface area contributed by atoms with E-state index in [9.17, 15) is 9.90 Å². The number of hydrogen-bond acceptors (Lipinski definition) is 5. The standard InChI is InChI=1S/C23H27N3O2S.ClH/c1-3-25(4-2)15-16-29-23-24-21(27)20(17-18-11-7-5-8-12-18)22(28)26(23)19-13-9-6-10-14-19;/h5-14,27H,3-4,15-17H2,1-2H3;1H. The molecule has 7 heteroatoms. The fourth-order valence-electron chi connectivity index (χ4n) is 3.19. The molecule has 3 rings (SSSR count). The Morgan fingerprint density at radius 2 is 1.60 bits per heavy atom. The average Bonchev–Trinajstić information content (AvgIpc) is 2.75. The molecule has 0 aliphatic heterocycles. The maximum Gasteiger partial charge on any atom is 0.266 e. The molecule has 1 heterocycles. The monoisotopic (exact) mass is 445 g/mol. The molecule has 5 nitrogen and oxygen atoms in total. The van der Waals surface area contributed by atoms with Gasteiger partial charge >= 0.3 is 0 Å². The minimum absolute atomic E-state index is 0. The predicted molar refractivity (Wildman–Crippen MR) is 127 cm³/mol. The smallest absolute Gasteiger partial charge is 0.266 e. The van der Waals surface area contributed by atoms with Crippen LogP contribution in [0.3, 0.4) is 0 Å².